The summed E-state index contributed by atoms with van der Waals surface area (Å²) in [7, 11) is 0. The average molecular weight is 1090 g/mol. The number of likely N-dealkylation sites (tertiary alicyclic amines) is 2. The summed E-state index contributed by atoms with van der Waals surface area (Å²) in [6.45, 7) is 17.9. The Balaban J connectivity index is 0.00000672. The highest BCUT2D eigenvalue weighted by Gasteiger charge is 2.50. The Morgan fingerprint density at radius 3 is 2.43 bits per heavy atom. The van der Waals surface area contributed by atoms with Crippen LogP contribution in [0.25, 0.3) is 33.4 Å². The summed E-state index contributed by atoms with van der Waals surface area (Å²) in [5, 5.41) is 10.9. The summed E-state index contributed by atoms with van der Waals surface area (Å²) < 4.78 is 52.8. The number of esters is 1. The molecule has 3 aromatic heterocycles. The molecule has 6 aliphatic heterocycles. The zero-order valence-electron chi connectivity index (χ0n) is 44.8. The number of benzene rings is 1. The number of hydrogen-bond acceptors (Lipinski definition) is 13. The molecule has 418 valence electrons. The van der Waals surface area contributed by atoms with E-state index in [-0.39, 0.29) is 62.0 Å². The van der Waals surface area contributed by atoms with Gasteiger partial charge in [0.15, 0.2) is 0 Å². The van der Waals surface area contributed by atoms with Crippen molar-refractivity contribution in [2.45, 2.75) is 149 Å². The number of anilines is 1. The quantitative estimate of drug-likeness (QED) is 0.110. The Bertz CT molecular complexity index is 2870. The molecule has 11 rings (SSSR count). The van der Waals surface area contributed by atoms with E-state index in [4.69, 9.17) is 14.7 Å². The maximum atomic E-state index is 15.1. The minimum Gasteiger partial charge on any atom is -0.464 e. The molecule has 6 fully saturated rings. The lowest BCUT2D eigenvalue weighted by atomic mass is 9.84. The average Bonchev–Trinajstić information content (AvgIpc) is 4.42. The number of cyclic esters (lactones) is 1. The number of hydrazine groups is 1. The molecule has 1 aliphatic carbocycles. The highest BCUT2D eigenvalue weighted by Crippen LogP contribution is 2.45. The van der Waals surface area contributed by atoms with Gasteiger partial charge in [-0.25, -0.2) is 10.4 Å². The first-order chi connectivity index (χ1) is 36.2. The molecular weight excluding hydrogens is 1010 g/mol. The number of ether oxygens (including phenoxy) is 1. The number of alkyl halides is 3. The van der Waals surface area contributed by atoms with Crippen LogP contribution in [0.2, 0.25) is 0 Å². The summed E-state index contributed by atoms with van der Waals surface area (Å²) in [6.07, 6.45) is 2.75. The van der Waals surface area contributed by atoms with E-state index in [9.17, 15) is 19.2 Å². The summed E-state index contributed by atoms with van der Waals surface area (Å²) in [5.74, 6) is -1.28. The van der Waals surface area contributed by atoms with Crippen LogP contribution in [0, 0.1) is 16.7 Å². The van der Waals surface area contributed by atoms with Crippen LogP contribution in [0.3, 0.4) is 0 Å². The van der Waals surface area contributed by atoms with Gasteiger partial charge in [0.2, 0.25) is 11.8 Å². The largest absolute Gasteiger partial charge is 0.464 e. The Hall–Kier alpha value is -5.15. The number of nitrogens with zero attached hydrogens (tertiary/aromatic N) is 8. The summed E-state index contributed by atoms with van der Waals surface area (Å²) in [4.78, 5) is 75.8. The van der Waals surface area contributed by atoms with Gasteiger partial charge in [-0.2, -0.15) is 13.2 Å². The SMILES string of the molecule is C.CC(C)c1ncc(N2CCN(C3CC3)CC2)cc1-c1c2c3cc(ccc3n1CC(F)(F)F)-c1csc(n1)C[C@H](NC(=O)[C@H](C(C)C)N1CC[C@]3(CCN(C(=O)[C@H]4CN4)C3)C1)C(=O)N1CCC[C@H](N1)C(=O)OCC(C)(C)C2. The van der Waals surface area contributed by atoms with E-state index in [1.54, 1.807) is 6.07 Å². The summed E-state index contributed by atoms with van der Waals surface area (Å²) >= 11 is 1.35. The number of nitrogens with one attached hydrogen (secondary N) is 3. The number of amides is 3. The zero-order chi connectivity index (χ0) is 53.4. The smallest absolute Gasteiger partial charge is 0.406 e. The number of carbonyl (C=O) groups is 4. The lowest BCUT2D eigenvalue weighted by Gasteiger charge is -2.37. The van der Waals surface area contributed by atoms with Crippen LogP contribution in [0.5, 0.6) is 0 Å². The standard InChI is InChI=1S/C56H74F3N11O5S.CH4/c1-33(2)47-39(23-37(26-61-47)66-20-18-65(19-21-66)36-10-11-36)49-40-25-54(5,6)32-75-53(74)41-8-7-15-70(64-41)52(73)42(24-46-62-44(28-76-46)35-9-12-45(38(40)22-35)69(49)31-56(57,58)59)63-50(71)48(34(3)4)67-16-13-55(29-67)14-17-68(30-55)51(72)43-27-60-43;/h9,12,22-23,26,28,33-34,36,41-43,48,60,64H,7-8,10-11,13-21,24-25,27,29-32H2,1-6H3,(H,63,71);1H4/t41-,42-,43+,48-,55-;/m0./s1. The lowest BCUT2D eigenvalue weighted by Crippen LogP contribution is -2.62. The van der Waals surface area contributed by atoms with E-state index in [2.05, 4.69) is 30.8 Å². The topological polar surface area (TPSA) is 170 Å². The van der Waals surface area contributed by atoms with Crippen molar-refractivity contribution in [1.29, 1.82) is 0 Å². The highest BCUT2D eigenvalue weighted by molar-refractivity contribution is 7.10. The Morgan fingerprint density at radius 2 is 1.73 bits per heavy atom. The van der Waals surface area contributed by atoms with Crippen molar-refractivity contribution in [3.8, 4) is 22.5 Å². The normalized spacial score (nSPS) is 25.9. The molecule has 0 radical (unpaired) electrons. The number of rotatable bonds is 10. The number of aromatic nitrogens is 3. The van der Waals surface area contributed by atoms with Gasteiger partial charge in [-0.3, -0.25) is 39.0 Å². The molecule has 1 spiro atoms. The van der Waals surface area contributed by atoms with Crippen molar-refractivity contribution in [2.75, 3.05) is 77.0 Å². The number of halogens is 3. The molecule has 20 heteroatoms. The predicted octanol–water partition coefficient (Wildman–Crippen LogP) is 7.00. The molecule has 1 saturated carbocycles. The van der Waals surface area contributed by atoms with Gasteiger partial charge in [0, 0.05) is 110 Å². The van der Waals surface area contributed by atoms with Crippen LogP contribution in [-0.2, 0) is 43.3 Å². The van der Waals surface area contributed by atoms with Crippen molar-refractivity contribution >= 4 is 51.6 Å². The molecule has 3 N–H and O–H groups in total. The molecule has 4 aromatic rings. The van der Waals surface area contributed by atoms with E-state index in [1.165, 1.54) is 33.8 Å². The maximum Gasteiger partial charge on any atom is 0.406 e. The molecule has 0 unspecified atom stereocenters. The van der Waals surface area contributed by atoms with Crippen LogP contribution in [0.4, 0.5) is 18.9 Å². The van der Waals surface area contributed by atoms with Gasteiger partial charge >= 0.3 is 12.1 Å². The first-order valence-electron chi connectivity index (χ1n) is 27.7. The van der Waals surface area contributed by atoms with Gasteiger partial charge in [-0.05, 0) is 87.1 Å². The molecule has 5 atom stereocenters. The number of hydrogen-bond donors (Lipinski definition) is 3. The molecule has 3 amide bonds. The van der Waals surface area contributed by atoms with Gasteiger partial charge in [-0.1, -0.05) is 55.0 Å². The molecule has 6 bridgehead atoms. The fourth-order valence-corrected chi connectivity index (χ4v) is 13.7. The van der Waals surface area contributed by atoms with E-state index < -0.39 is 48.1 Å². The van der Waals surface area contributed by atoms with E-state index in [0.29, 0.717) is 101 Å². The number of piperazine rings is 1. The van der Waals surface area contributed by atoms with Gasteiger partial charge in [0.05, 0.1) is 52.7 Å². The van der Waals surface area contributed by atoms with Crippen LogP contribution in [0.1, 0.15) is 110 Å². The molecule has 1 aromatic carbocycles. The van der Waals surface area contributed by atoms with Crippen molar-refractivity contribution in [3.63, 3.8) is 0 Å². The fourth-order valence-electron chi connectivity index (χ4n) is 12.9. The molecule has 7 aliphatic rings. The second kappa shape index (κ2) is 21.5. The molecule has 9 heterocycles. The van der Waals surface area contributed by atoms with Crippen molar-refractivity contribution in [2.24, 2.45) is 16.7 Å². The van der Waals surface area contributed by atoms with E-state index in [0.717, 1.165) is 51.3 Å². The van der Waals surface area contributed by atoms with Gasteiger partial charge < -0.3 is 29.7 Å². The van der Waals surface area contributed by atoms with Crippen LogP contribution >= 0.6 is 11.3 Å². The Kier molecular flexibility index (Phi) is 15.4. The Morgan fingerprint density at radius 1 is 0.974 bits per heavy atom. The second-order valence-corrected chi connectivity index (χ2v) is 25.3. The van der Waals surface area contributed by atoms with Crippen LogP contribution in [-0.4, -0.2) is 166 Å². The first-order valence-corrected chi connectivity index (χ1v) is 28.6. The number of carbonyl (C=O) groups excluding carboxylic acids is 4. The third-order valence-electron chi connectivity index (χ3n) is 17.0. The van der Waals surface area contributed by atoms with Crippen molar-refractivity contribution in [1.82, 2.24) is 50.3 Å². The molecular formula is C57H78F3N11O5S. The summed E-state index contributed by atoms with van der Waals surface area (Å²) in [5.41, 5.74) is 7.36. The molecule has 5 saturated heterocycles. The van der Waals surface area contributed by atoms with E-state index in [1.807, 2.05) is 76.2 Å². The highest BCUT2D eigenvalue weighted by atomic mass is 32.1. The van der Waals surface area contributed by atoms with Crippen molar-refractivity contribution < 1.29 is 37.1 Å². The minimum absolute atomic E-state index is 0. The van der Waals surface area contributed by atoms with Crippen molar-refractivity contribution in [3.05, 3.63) is 52.1 Å². The van der Waals surface area contributed by atoms with E-state index >= 15 is 13.2 Å². The third-order valence-corrected chi connectivity index (χ3v) is 17.9. The van der Waals surface area contributed by atoms with Crippen LogP contribution in [0.15, 0.2) is 35.8 Å². The monoisotopic (exact) mass is 1090 g/mol. The van der Waals surface area contributed by atoms with Gasteiger partial charge in [0.1, 0.15) is 18.6 Å². The molecule has 16 nitrogen and oxygen atoms in total. The second-order valence-electron chi connectivity index (χ2n) is 24.3. The van der Waals surface area contributed by atoms with Crippen LogP contribution < -0.4 is 21.0 Å². The Labute approximate surface area is 454 Å². The van der Waals surface area contributed by atoms with Gasteiger partial charge in [0.25, 0.3) is 5.91 Å². The van der Waals surface area contributed by atoms with Gasteiger partial charge in [-0.15, -0.1) is 11.3 Å². The first kappa shape index (κ1) is 55.2. The lowest BCUT2D eigenvalue weighted by molar-refractivity contribution is -0.155. The zero-order valence-corrected chi connectivity index (χ0v) is 45.6. The minimum atomic E-state index is -4.57. The number of thiazole rings is 1. The fraction of sp³-hybridized carbons (Fsp3) is 0.649. The maximum absolute atomic E-state index is 15.1. The predicted molar refractivity (Wildman–Crippen MR) is 292 cm³/mol. The number of pyridine rings is 1. The molecule has 77 heavy (non-hydrogen) atoms. The number of fused-ring (bicyclic) bond motifs is 6. The third kappa shape index (κ3) is 11.6. The summed E-state index contributed by atoms with van der Waals surface area (Å²) in [6, 6.07) is 5.64.